The maximum Gasteiger partial charge on any atom is 0.400 e. The molecule has 2 saturated heterocycles. The van der Waals surface area contributed by atoms with Gasteiger partial charge in [-0.2, -0.15) is 5.10 Å². The molecule has 5 rings (SSSR count). The lowest BCUT2D eigenvalue weighted by molar-refractivity contribution is -0.212. The highest BCUT2D eigenvalue weighted by atomic mass is 16.8. The molecule has 1 aliphatic carbocycles. The van der Waals surface area contributed by atoms with Crippen LogP contribution in [0.1, 0.15) is 51.8 Å². The van der Waals surface area contributed by atoms with Gasteiger partial charge in [0.1, 0.15) is 24.1 Å². The molecule has 0 amide bonds. The van der Waals surface area contributed by atoms with Gasteiger partial charge in [0.2, 0.25) is 0 Å². The summed E-state index contributed by atoms with van der Waals surface area (Å²) in [5.41, 5.74) is 5.23. The summed E-state index contributed by atoms with van der Waals surface area (Å²) in [5, 5.41) is 4.28. The molecule has 164 valence electrons. The maximum atomic E-state index is 12.6. The normalized spacial score (nSPS) is 32.9. The summed E-state index contributed by atoms with van der Waals surface area (Å²) in [6.07, 6.45) is 1.94. The molecule has 2 aromatic heterocycles. The molecule has 4 heterocycles. The fourth-order valence-electron chi connectivity index (χ4n) is 4.62. The Morgan fingerprint density at radius 2 is 2.10 bits per heavy atom. The van der Waals surface area contributed by atoms with E-state index < -0.39 is 35.2 Å². The number of fused-ring (bicyclic) bond motifs is 2. The Bertz CT molecular complexity index is 1090. The SMILES string of the molecule is [C-]#[N+][C@]1(COC(=O)C2(C)CCC2)O[C@@H](c2ccc3c(N)ncnn23)[C@@H]2OC(C)(C)O[C@@H]21. The average Bonchev–Trinajstić information content (AvgIpc) is 3.35. The van der Waals surface area contributed by atoms with Crippen LogP contribution in [0.5, 0.6) is 0 Å². The van der Waals surface area contributed by atoms with Crippen LogP contribution in [0.3, 0.4) is 0 Å². The summed E-state index contributed by atoms with van der Waals surface area (Å²) in [7, 11) is 0. The molecule has 4 atom stereocenters. The zero-order chi connectivity index (χ0) is 22.0. The minimum atomic E-state index is -1.53. The van der Waals surface area contributed by atoms with Crippen molar-refractivity contribution >= 4 is 17.3 Å². The van der Waals surface area contributed by atoms with Gasteiger partial charge in [0.25, 0.3) is 0 Å². The van der Waals surface area contributed by atoms with E-state index in [1.807, 2.05) is 13.0 Å². The smallest absolute Gasteiger partial charge is 0.400 e. The summed E-state index contributed by atoms with van der Waals surface area (Å²) in [6.45, 7) is 13.1. The molecule has 0 bridgehead atoms. The van der Waals surface area contributed by atoms with E-state index in [-0.39, 0.29) is 12.6 Å². The monoisotopic (exact) mass is 427 g/mol. The minimum Gasteiger partial charge on any atom is -0.453 e. The van der Waals surface area contributed by atoms with Crippen LogP contribution in [0, 0.1) is 12.0 Å². The first-order valence-electron chi connectivity index (χ1n) is 10.4. The van der Waals surface area contributed by atoms with Crippen LogP contribution < -0.4 is 5.73 Å². The third-order valence-electron chi connectivity index (χ3n) is 6.55. The fraction of sp³-hybridized carbons (Fsp3) is 0.619. The Labute approximate surface area is 179 Å². The maximum absolute atomic E-state index is 12.6. The van der Waals surface area contributed by atoms with Gasteiger partial charge in [-0.05, 0) is 45.7 Å². The van der Waals surface area contributed by atoms with E-state index in [1.165, 1.54) is 6.33 Å². The highest BCUT2D eigenvalue weighted by Gasteiger charge is 2.69. The zero-order valence-corrected chi connectivity index (χ0v) is 17.7. The number of aromatic nitrogens is 3. The molecule has 0 radical (unpaired) electrons. The predicted octanol–water partition coefficient (Wildman–Crippen LogP) is 2.25. The van der Waals surface area contributed by atoms with Gasteiger partial charge in [-0.15, -0.1) is 0 Å². The molecule has 1 saturated carbocycles. The predicted molar refractivity (Wildman–Crippen MR) is 107 cm³/mol. The van der Waals surface area contributed by atoms with Crippen molar-refractivity contribution in [2.45, 2.75) is 69.9 Å². The van der Waals surface area contributed by atoms with Crippen molar-refractivity contribution in [1.82, 2.24) is 14.6 Å². The molecule has 2 aliphatic heterocycles. The van der Waals surface area contributed by atoms with Crippen LogP contribution in [0.15, 0.2) is 18.5 Å². The van der Waals surface area contributed by atoms with Gasteiger partial charge in [0.15, 0.2) is 24.3 Å². The summed E-state index contributed by atoms with van der Waals surface area (Å²) >= 11 is 0. The Morgan fingerprint density at radius 3 is 2.77 bits per heavy atom. The number of carbonyl (C=O) groups excluding carboxylic acids is 1. The topological polar surface area (TPSA) is 115 Å². The third-order valence-corrected chi connectivity index (χ3v) is 6.55. The van der Waals surface area contributed by atoms with Crippen LogP contribution in [0.4, 0.5) is 5.82 Å². The number of nitrogen functional groups attached to an aromatic ring is 1. The highest BCUT2D eigenvalue weighted by molar-refractivity contribution is 5.77. The standard InChI is InChI=1S/C21H25N5O5/c1-19(2)29-15-14(12-6-7-13-17(22)24-11-25-26(12)13)30-21(23-4,16(15)31-19)10-28-18(27)20(3)8-5-9-20/h6-7,11,14-16H,5,8-10H2,1-3H3,(H2,22,24,25)/t14-,15-,16-,21+/m0/s1. The second-order valence-corrected chi connectivity index (χ2v) is 9.21. The van der Waals surface area contributed by atoms with Crippen molar-refractivity contribution in [2.75, 3.05) is 12.3 Å². The van der Waals surface area contributed by atoms with Gasteiger partial charge in [0.05, 0.1) is 11.1 Å². The second kappa shape index (κ2) is 6.63. The summed E-state index contributed by atoms with van der Waals surface area (Å²) in [4.78, 5) is 20.4. The molecule has 10 nitrogen and oxygen atoms in total. The Morgan fingerprint density at radius 1 is 1.32 bits per heavy atom. The zero-order valence-electron chi connectivity index (χ0n) is 17.7. The van der Waals surface area contributed by atoms with Crippen molar-refractivity contribution in [3.63, 3.8) is 0 Å². The number of rotatable bonds is 4. The number of nitrogens with two attached hydrogens (primary N) is 1. The van der Waals surface area contributed by atoms with Gasteiger partial charge < -0.3 is 19.9 Å². The Kier molecular flexibility index (Phi) is 4.31. The van der Waals surface area contributed by atoms with E-state index in [2.05, 4.69) is 14.9 Å². The molecule has 3 aliphatic rings. The molecule has 2 N–H and O–H groups in total. The Balaban J connectivity index is 1.49. The number of hydrogen-bond acceptors (Lipinski definition) is 8. The lowest BCUT2D eigenvalue weighted by atomic mass is 9.70. The van der Waals surface area contributed by atoms with Gasteiger partial charge in [0, 0.05) is 0 Å². The van der Waals surface area contributed by atoms with E-state index in [4.69, 9.17) is 31.3 Å². The van der Waals surface area contributed by atoms with Crippen molar-refractivity contribution in [3.8, 4) is 0 Å². The lowest BCUT2D eigenvalue weighted by Gasteiger charge is -2.36. The third kappa shape index (κ3) is 2.99. The van der Waals surface area contributed by atoms with Crippen LogP contribution in [0.2, 0.25) is 0 Å². The number of hydrogen-bond donors (Lipinski definition) is 1. The molecule has 2 aromatic rings. The van der Waals surface area contributed by atoms with E-state index in [1.54, 1.807) is 24.4 Å². The molecular weight excluding hydrogens is 402 g/mol. The number of carbonyl (C=O) groups is 1. The highest BCUT2D eigenvalue weighted by Crippen LogP contribution is 2.51. The molecule has 0 spiro atoms. The average molecular weight is 427 g/mol. The number of esters is 1. The van der Waals surface area contributed by atoms with Gasteiger partial charge in [-0.3, -0.25) is 14.4 Å². The molecule has 31 heavy (non-hydrogen) atoms. The van der Waals surface area contributed by atoms with Crippen LogP contribution in [-0.4, -0.2) is 50.9 Å². The van der Waals surface area contributed by atoms with Gasteiger partial charge >= 0.3 is 11.7 Å². The van der Waals surface area contributed by atoms with Crippen LogP contribution in [0.25, 0.3) is 10.4 Å². The summed E-state index contributed by atoms with van der Waals surface area (Å²) in [6, 6.07) is 3.61. The number of ether oxygens (including phenoxy) is 4. The van der Waals surface area contributed by atoms with E-state index in [0.717, 1.165) is 19.3 Å². The first-order valence-corrected chi connectivity index (χ1v) is 10.4. The van der Waals surface area contributed by atoms with Crippen LogP contribution in [-0.2, 0) is 23.7 Å². The molecule has 0 unspecified atom stereocenters. The van der Waals surface area contributed by atoms with E-state index in [0.29, 0.717) is 17.0 Å². The fourth-order valence-corrected chi connectivity index (χ4v) is 4.62. The van der Waals surface area contributed by atoms with Crippen molar-refractivity contribution in [1.29, 1.82) is 0 Å². The van der Waals surface area contributed by atoms with E-state index in [9.17, 15) is 4.79 Å². The second-order valence-electron chi connectivity index (χ2n) is 9.21. The first-order chi connectivity index (χ1) is 14.7. The van der Waals surface area contributed by atoms with E-state index >= 15 is 0 Å². The summed E-state index contributed by atoms with van der Waals surface area (Å²) in [5.74, 6) is -0.894. The van der Waals surface area contributed by atoms with Crippen molar-refractivity contribution in [3.05, 3.63) is 35.6 Å². The van der Waals surface area contributed by atoms with Crippen LogP contribution >= 0.6 is 0 Å². The largest absolute Gasteiger partial charge is 0.453 e. The first kappa shape index (κ1) is 20.2. The molecular formula is C21H25N5O5. The lowest BCUT2D eigenvalue weighted by Crippen LogP contribution is -2.46. The van der Waals surface area contributed by atoms with Crippen molar-refractivity contribution in [2.24, 2.45) is 5.41 Å². The number of anilines is 1. The molecule has 10 heteroatoms. The summed E-state index contributed by atoms with van der Waals surface area (Å²) < 4.78 is 25.7. The molecule has 3 fully saturated rings. The van der Waals surface area contributed by atoms with Gasteiger partial charge in [-0.1, -0.05) is 6.42 Å². The van der Waals surface area contributed by atoms with Gasteiger partial charge in [-0.25, -0.2) is 16.1 Å². The van der Waals surface area contributed by atoms with Crippen molar-refractivity contribution < 1.29 is 23.7 Å². The molecule has 0 aromatic carbocycles. The minimum absolute atomic E-state index is 0.234. The Hall–Kier alpha value is -2.74. The number of nitrogens with zero attached hydrogens (tertiary/aromatic N) is 4. The quantitative estimate of drug-likeness (QED) is 0.584.